The number of Topliss-reactive ketones (excluding diaryl/α,β-unsaturated/α-hetero) is 1. The number of benzene rings is 1. The van der Waals surface area contributed by atoms with Crippen LogP contribution in [-0.4, -0.2) is 53.2 Å². The summed E-state index contributed by atoms with van der Waals surface area (Å²) in [6, 6.07) is 6.07. The minimum Gasteiger partial charge on any atom is -0.325 e. The van der Waals surface area contributed by atoms with Gasteiger partial charge in [-0.3, -0.25) is 9.59 Å². The number of nitrogens with zero attached hydrogens (tertiary/aromatic N) is 3. The van der Waals surface area contributed by atoms with Gasteiger partial charge in [0.1, 0.15) is 10.9 Å². The summed E-state index contributed by atoms with van der Waals surface area (Å²) in [5.41, 5.74) is 1.53. The fraction of sp³-hybridized carbons (Fsp3) is 0.429. The molecule has 0 aliphatic carbocycles. The van der Waals surface area contributed by atoms with Gasteiger partial charge in [-0.2, -0.15) is 4.31 Å². The van der Waals surface area contributed by atoms with E-state index in [1.807, 2.05) is 6.92 Å². The number of nitrogens with one attached hydrogen (secondary N) is 1. The predicted molar refractivity (Wildman–Crippen MR) is 122 cm³/mol. The number of carbonyl (C=O) groups is 2. The molecular formula is C21H28N4O4S2. The summed E-state index contributed by atoms with van der Waals surface area (Å²) in [4.78, 5) is 33.3. The minimum absolute atomic E-state index is 0.0549. The van der Waals surface area contributed by atoms with Crippen molar-refractivity contribution < 1.29 is 18.0 Å². The zero-order valence-electron chi connectivity index (χ0n) is 18.4. The van der Waals surface area contributed by atoms with E-state index in [-0.39, 0.29) is 22.3 Å². The summed E-state index contributed by atoms with van der Waals surface area (Å²) in [7, 11) is -3.55. The lowest BCUT2D eigenvalue weighted by atomic mass is 10.2. The Morgan fingerprint density at radius 2 is 1.68 bits per heavy atom. The van der Waals surface area contributed by atoms with E-state index in [0.717, 1.165) is 0 Å². The SMILES string of the molecule is CCc1nc(C)c(C(C)=O)c(SCC(=O)Nc2ccc(S(=O)(=O)N(CC)CC)cc2)n1. The molecule has 0 spiro atoms. The second-order valence-electron chi connectivity index (χ2n) is 6.77. The monoisotopic (exact) mass is 464 g/mol. The molecule has 2 aromatic rings. The molecule has 0 unspecified atom stereocenters. The first-order valence-electron chi connectivity index (χ1n) is 10.0. The Hall–Kier alpha value is -2.30. The number of carbonyl (C=O) groups excluding carboxylic acids is 2. The minimum atomic E-state index is -3.55. The zero-order chi connectivity index (χ0) is 23.2. The first kappa shape index (κ1) is 25.0. The van der Waals surface area contributed by atoms with Crippen LogP contribution in [0.3, 0.4) is 0 Å². The molecule has 1 amide bonds. The number of aromatic nitrogens is 2. The van der Waals surface area contributed by atoms with Crippen molar-refractivity contribution in [3.63, 3.8) is 0 Å². The molecule has 1 heterocycles. The van der Waals surface area contributed by atoms with E-state index in [9.17, 15) is 18.0 Å². The molecule has 0 atom stereocenters. The van der Waals surface area contributed by atoms with Crippen molar-refractivity contribution in [1.29, 1.82) is 0 Å². The summed E-state index contributed by atoms with van der Waals surface area (Å²) < 4.78 is 26.5. The molecule has 31 heavy (non-hydrogen) atoms. The number of hydrogen-bond donors (Lipinski definition) is 1. The number of thioether (sulfide) groups is 1. The number of aryl methyl sites for hydroxylation is 2. The molecule has 0 radical (unpaired) electrons. The molecule has 10 heteroatoms. The number of hydrogen-bond acceptors (Lipinski definition) is 7. The zero-order valence-corrected chi connectivity index (χ0v) is 20.1. The van der Waals surface area contributed by atoms with Crippen molar-refractivity contribution in [2.24, 2.45) is 0 Å². The molecule has 0 aliphatic heterocycles. The van der Waals surface area contributed by atoms with Crippen molar-refractivity contribution in [1.82, 2.24) is 14.3 Å². The Balaban J connectivity index is 2.09. The summed E-state index contributed by atoms with van der Waals surface area (Å²) in [5.74, 6) is 0.246. The van der Waals surface area contributed by atoms with E-state index in [1.54, 1.807) is 32.9 Å². The first-order valence-corrected chi connectivity index (χ1v) is 12.5. The number of amides is 1. The summed E-state index contributed by atoms with van der Waals surface area (Å²) in [5, 5.41) is 3.24. The van der Waals surface area contributed by atoms with Crippen molar-refractivity contribution in [3.8, 4) is 0 Å². The van der Waals surface area contributed by atoms with Crippen LogP contribution in [0.1, 0.15) is 49.6 Å². The molecule has 1 aromatic heterocycles. The highest BCUT2D eigenvalue weighted by molar-refractivity contribution is 8.00. The highest BCUT2D eigenvalue weighted by Crippen LogP contribution is 2.24. The average molecular weight is 465 g/mol. The third-order valence-corrected chi connectivity index (χ3v) is 7.63. The fourth-order valence-corrected chi connectivity index (χ4v) is 5.43. The van der Waals surface area contributed by atoms with Gasteiger partial charge >= 0.3 is 0 Å². The molecule has 8 nitrogen and oxygen atoms in total. The number of rotatable bonds is 10. The highest BCUT2D eigenvalue weighted by Gasteiger charge is 2.21. The van der Waals surface area contributed by atoms with Crippen LogP contribution in [0.25, 0.3) is 0 Å². The summed E-state index contributed by atoms with van der Waals surface area (Å²) >= 11 is 1.18. The van der Waals surface area contributed by atoms with Gasteiger partial charge in [0.05, 0.1) is 21.9 Å². The molecule has 1 N–H and O–H groups in total. The second kappa shape index (κ2) is 10.8. The number of anilines is 1. The van der Waals surface area contributed by atoms with Crippen LogP contribution in [0, 0.1) is 6.92 Å². The topological polar surface area (TPSA) is 109 Å². The number of ketones is 1. The molecule has 0 saturated heterocycles. The van der Waals surface area contributed by atoms with Crippen LogP contribution in [0.4, 0.5) is 5.69 Å². The lowest BCUT2D eigenvalue weighted by Gasteiger charge is -2.18. The van der Waals surface area contributed by atoms with Gasteiger partial charge in [0.2, 0.25) is 15.9 Å². The van der Waals surface area contributed by atoms with Crippen molar-refractivity contribution in [2.45, 2.75) is 51.0 Å². The van der Waals surface area contributed by atoms with Crippen LogP contribution in [-0.2, 0) is 21.2 Å². The van der Waals surface area contributed by atoms with Gasteiger partial charge in [0.25, 0.3) is 0 Å². The number of sulfonamides is 1. The van der Waals surface area contributed by atoms with Crippen LogP contribution in [0.5, 0.6) is 0 Å². The lowest BCUT2D eigenvalue weighted by Crippen LogP contribution is -2.30. The predicted octanol–water partition coefficient (Wildman–Crippen LogP) is 3.31. The Bertz CT molecular complexity index is 1050. The molecule has 0 aliphatic rings. The Morgan fingerprint density at radius 1 is 1.06 bits per heavy atom. The van der Waals surface area contributed by atoms with Crippen molar-refractivity contribution >= 4 is 39.2 Å². The Kier molecular flexibility index (Phi) is 8.72. The van der Waals surface area contributed by atoms with E-state index >= 15 is 0 Å². The molecule has 168 valence electrons. The molecule has 2 rings (SSSR count). The largest absolute Gasteiger partial charge is 0.325 e. The Labute approximate surface area is 187 Å². The molecule has 1 aromatic carbocycles. The maximum Gasteiger partial charge on any atom is 0.243 e. The van der Waals surface area contributed by atoms with Crippen LogP contribution >= 0.6 is 11.8 Å². The van der Waals surface area contributed by atoms with E-state index in [2.05, 4.69) is 15.3 Å². The maximum atomic E-state index is 12.5. The highest BCUT2D eigenvalue weighted by atomic mass is 32.2. The van der Waals surface area contributed by atoms with Crippen molar-refractivity contribution in [2.75, 3.05) is 24.2 Å². The second-order valence-corrected chi connectivity index (χ2v) is 9.67. The van der Waals surface area contributed by atoms with Gasteiger partial charge < -0.3 is 5.32 Å². The summed E-state index contributed by atoms with van der Waals surface area (Å²) in [6.07, 6.45) is 0.627. The van der Waals surface area contributed by atoms with Gasteiger partial charge in [-0.15, -0.1) is 0 Å². The van der Waals surface area contributed by atoms with Gasteiger partial charge in [0, 0.05) is 25.2 Å². The average Bonchev–Trinajstić information content (AvgIpc) is 2.72. The van der Waals surface area contributed by atoms with Gasteiger partial charge in [0.15, 0.2) is 5.78 Å². The third kappa shape index (κ3) is 6.11. The van der Waals surface area contributed by atoms with E-state index < -0.39 is 10.0 Å². The van der Waals surface area contributed by atoms with Crippen molar-refractivity contribution in [3.05, 3.63) is 41.3 Å². The standard InChI is InChI=1S/C21H28N4O4S2/c1-6-18-22-14(4)20(15(5)26)21(24-18)30-13-19(27)23-16-9-11-17(12-10-16)31(28,29)25(7-2)8-3/h9-12H,6-8,13H2,1-5H3,(H,23,27). The van der Waals surface area contributed by atoms with Crippen LogP contribution in [0.15, 0.2) is 34.2 Å². The first-order chi connectivity index (χ1) is 14.6. The molecule has 0 fully saturated rings. The van der Waals surface area contributed by atoms with E-state index in [4.69, 9.17) is 0 Å². The molecule has 0 saturated carbocycles. The summed E-state index contributed by atoms with van der Waals surface area (Å²) in [6.45, 7) is 9.48. The smallest absolute Gasteiger partial charge is 0.243 e. The quantitative estimate of drug-likeness (QED) is 0.326. The molecular weight excluding hydrogens is 436 g/mol. The van der Waals surface area contributed by atoms with Gasteiger partial charge in [-0.25, -0.2) is 18.4 Å². The van der Waals surface area contributed by atoms with Crippen LogP contribution < -0.4 is 5.32 Å². The third-order valence-electron chi connectivity index (χ3n) is 4.59. The van der Waals surface area contributed by atoms with E-state index in [1.165, 1.54) is 35.1 Å². The van der Waals surface area contributed by atoms with E-state index in [0.29, 0.717) is 47.3 Å². The van der Waals surface area contributed by atoms with Gasteiger partial charge in [-0.1, -0.05) is 32.5 Å². The normalized spacial score (nSPS) is 11.5. The van der Waals surface area contributed by atoms with Crippen LogP contribution in [0.2, 0.25) is 0 Å². The maximum absolute atomic E-state index is 12.5. The lowest BCUT2D eigenvalue weighted by molar-refractivity contribution is -0.113. The Morgan fingerprint density at radius 3 is 2.19 bits per heavy atom. The molecule has 0 bridgehead atoms. The van der Waals surface area contributed by atoms with Gasteiger partial charge in [-0.05, 0) is 38.1 Å². The fourth-order valence-electron chi connectivity index (χ4n) is 3.02.